The Balaban J connectivity index is 2.08. The van der Waals surface area contributed by atoms with E-state index in [1.165, 1.54) is 6.92 Å². The van der Waals surface area contributed by atoms with Crippen LogP contribution in [0.3, 0.4) is 0 Å². The third-order valence-electron chi connectivity index (χ3n) is 2.70. The van der Waals surface area contributed by atoms with Gasteiger partial charge in [0.15, 0.2) is 12.4 Å². The highest BCUT2D eigenvalue weighted by atomic mass is 16.8. The minimum Gasteiger partial charge on any atom is -0.457 e. The van der Waals surface area contributed by atoms with E-state index < -0.39 is 36.7 Å². The first kappa shape index (κ1) is 9.35. The summed E-state index contributed by atoms with van der Waals surface area (Å²) < 4.78 is 40.7. The van der Waals surface area contributed by atoms with Crippen molar-refractivity contribution in [2.75, 3.05) is 20.8 Å². The molecule has 5 atom stereocenters. The maximum absolute atomic E-state index is 11.0. The molecule has 2 saturated heterocycles. The Bertz CT molecular complexity index is 302. The molecule has 2 fully saturated rings. The SMILES string of the molecule is [2H]CO[C@H]1[C@@H]2OC(OC[C@H]2OC(C)=O)[C@@H]1OC[2H]. The van der Waals surface area contributed by atoms with Crippen molar-refractivity contribution in [1.29, 1.82) is 0 Å². The van der Waals surface area contributed by atoms with Crippen LogP contribution in [0, 0.1) is 0 Å². The van der Waals surface area contributed by atoms with Gasteiger partial charge in [0.1, 0.15) is 18.3 Å². The van der Waals surface area contributed by atoms with E-state index >= 15 is 0 Å². The largest absolute Gasteiger partial charge is 0.457 e. The van der Waals surface area contributed by atoms with E-state index in [0.29, 0.717) is 0 Å². The smallest absolute Gasteiger partial charge is 0.303 e. The molecule has 2 aliphatic heterocycles. The van der Waals surface area contributed by atoms with Gasteiger partial charge in [-0.25, -0.2) is 0 Å². The van der Waals surface area contributed by atoms with Crippen LogP contribution in [0.1, 0.15) is 9.67 Å². The molecule has 6 heteroatoms. The minimum absolute atomic E-state index is 0.199. The Morgan fingerprint density at radius 2 is 2.12 bits per heavy atom. The number of hydrogen-bond donors (Lipinski definition) is 0. The first-order valence-corrected chi connectivity index (χ1v) is 4.93. The van der Waals surface area contributed by atoms with Gasteiger partial charge in [0.2, 0.25) is 0 Å². The highest BCUT2D eigenvalue weighted by Crippen LogP contribution is 2.33. The molecule has 2 bridgehead atoms. The summed E-state index contributed by atoms with van der Waals surface area (Å²) in [7, 11) is -0.515. The zero-order chi connectivity index (χ0) is 13.1. The van der Waals surface area contributed by atoms with E-state index in [2.05, 4.69) is 0 Å². The van der Waals surface area contributed by atoms with Gasteiger partial charge in [-0.1, -0.05) is 0 Å². The maximum Gasteiger partial charge on any atom is 0.303 e. The van der Waals surface area contributed by atoms with Crippen molar-refractivity contribution < 1.29 is 31.2 Å². The zero-order valence-corrected chi connectivity index (χ0v) is 8.96. The molecule has 2 aliphatic rings. The molecule has 0 saturated carbocycles. The molecule has 0 radical (unpaired) electrons. The summed E-state index contributed by atoms with van der Waals surface area (Å²) in [6, 6.07) is 0. The summed E-state index contributed by atoms with van der Waals surface area (Å²) in [4.78, 5) is 11.0. The van der Waals surface area contributed by atoms with Crippen molar-refractivity contribution >= 4 is 5.97 Å². The fourth-order valence-electron chi connectivity index (χ4n) is 2.05. The van der Waals surface area contributed by atoms with Crippen molar-refractivity contribution in [3.63, 3.8) is 0 Å². The standard InChI is InChI=1S/C10H16O6/c1-5(11)15-6-4-14-10-9(13-3)8(12-2)7(6)16-10/h6-10H,4H2,1-3H3/t6-,7-,8+,9-,10?/m1/s1/i2D,3D. The number of carbonyl (C=O) groups excluding carboxylic acids is 1. The summed E-state index contributed by atoms with van der Waals surface area (Å²) in [5.41, 5.74) is 0. The second-order valence-electron chi connectivity index (χ2n) is 3.71. The van der Waals surface area contributed by atoms with Crippen LogP contribution >= 0.6 is 0 Å². The van der Waals surface area contributed by atoms with E-state index in [1.807, 2.05) is 0 Å². The average molecular weight is 234 g/mol. The lowest BCUT2D eigenvalue weighted by atomic mass is 10.1. The first-order chi connectivity index (χ1) is 8.67. The summed E-state index contributed by atoms with van der Waals surface area (Å²) in [6.07, 6.45) is -2.86. The first-order valence-electron chi connectivity index (χ1n) is 6.34. The van der Waals surface area contributed by atoms with Crippen LogP contribution in [0.4, 0.5) is 0 Å². The molecular formula is C10H16O6. The highest BCUT2D eigenvalue weighted by Gasteiger charge is 2.53. The topological polar surface area (TPSA) is 63.2 Å². The molecule has 92 valence electrons. The molecule has 2 heterocycles. The van der Waals surface area contributed by atoms with Gasteiger partial charge in [0.25, 0.3) is 0 Å². The molecule has 0 aromatic heterocycles. The van der Waals surface area contributed by atoms with Crippen LogP contribution in [0.5, 0.6) is 0 Å². The monoisotopic (exact) mass is 234 g/mol. The molecule has 16 heavy (non-hydrogen) atoms. The molecule has 0 aromatic rings. The Hall–Kier alpha value is -0.690. The molecule has 0 N–H and O–H groups in total. The molecule has 6 nitrogen and oxygen atoms in total. The van der Waals surface area contributed by atoms with Gasteiger partial charge < -0.3 is 23.7 Å². The minimum atomic E-state index is -0.635. The van der Waals surface area contributed by atoms with Gasteiger partial charge in [-0.2, -0.15) is 0 Å². The van der Waals surface area contributed by atoms with Crippen LogP contribution in [0.15, 0.2) is 0 Å². The Morgan fingerprint density at radius 1 is 1.38 bits per heavy atom. The number of carbonyl (C=O) groups is 1. The van der Waals surface area contributed by atoms with Gasteiger partial charge in [0.05, 0.1) is 9.35 Å². The maximum atomic E-state index is 11.0. The van der Waals surface area contributed by atoms with Crippen LogP contribution in [-0.4, -0.2) is 57.5 Å². The van der Waals surface area contributed by atoms with Crippen LogP contribution in [0.2, 0.25) is 0 Å². The van der Waals surface area contributed by atoms with Crippen molar-refractivity contribution in [1.82, 2.24) is 0 Å². The van der Waals surface area contributed by atoms with E-state index in [0.717, 1.165) is 0 Å². The Labute approximate surface area is 96.6 Å². The highest BCUT2D eigenvalue weighted by molar-refractivity contribution is 5.66. The van der Waals surface area contributed by atoms with E-state index in [1.54, 1.807) is 0 Å². The van der Waals surface area contributed by atoms with Crippen molar-refractivity contribution in [3.05, 3.63) is 0 Å². The van der Waals surface area contributed by atoms with E-state index in [-0.39, 0.29) is 20.8 Å². The van der Waals surface area contributed by atoms with Crippen LogP contribution < -0.4 is 0 Å². The van der Waals surface area contributed by atoms with Crippen molar-refractivity contribution in [3.8, 4) is 0 Å². The zero-order valence-electron chi connectivity index (χ0n) is 11.0. The fraction of sp³-hybridized carbons (Fsp3) is 0.900. The molecule has 1 unspecified atom stereocenters. The van der Waals surface area contributed by atoms with Gasteiger partial charge in [-0.3, -0.25) is 4.79 Å². The quantitative estimate of drug-likeness (QED) is 0.625. The van der Waals surface area contributed by atoms with Crippen molar-refractivity contribution in [2.45, 2.75) is 37.6 Å². The number of methoxy groups -OCH3 is 2. The second kappa shape index (κ2) is 4.67. The second-order valence-corrected chi connectivity index (χ2v) is 3.71. The summed E-state index contributed by atoms with van der Waals surface area (Å²) in [5.74, 6) is -0.430. The third kappa shape index (κ3) is 1.93. The summed E-state index contributed by atoms with van der Waals surface area (Å²) >= 11 is 0. The third-order valence-corrected chi connectivity index (χ3v) is 2.70. The molecule has 0 amide bonds. The molecule has 0 spiro atoms. The number of esters is 1. The van der Waals surface area contributed by atoms with Crippen LogP contribution in [0.25, 0.3) is 0 Å². The van der Waals surface area contributed by atoms with E-state index in [9.17, 15) is 4.79 Å². The van der Waals surface area contributed by atoms with Crippen LogP contribution in [-0.2, 0) is 28.5 Å². The Morgan fingerprint density at radius 3 is 2.81 bits per heavy atom. The molecular weight excluding hydrogens is 216 g/mol. The van der Waals surface area contributed by atoms with Crippen molar-refractivity contribution in [2.24, 2.45) is 0 Å². The number of rotatable bonds is 3. The predicted octanol–water partition coefficient (Wildman–Crippen LogP) is -0.297. The molecule has 0 aromatic carbocycles. The molecule has 0 aliphatic carbocycles. The summed E-state index contributed by atoms with van der Waals surface area (Å²) in [6.45, 7) is 1.50. The lowest BCUT2D eigenvalue weighted by Gasteiger charge is -2.29. The fourth-order valence-corrected chi connectivity index (χ4v) is 2.05. The average Bonchev–Trinajstić information content (AvgIpc) is 2.59. The molecule has 2 rings (SSSR count). The van der Waals surface area contributed by atoms with Gasteiger partial charge in [0, 0.05) is 21.1 Å². The lowest BCUT2D eigenvalue weighted by molar-refractivity contribution is -0.242. The Kier molecular flexibility index (Phi) is 2.73. The van der Waals surface area contributed by atoms with Gasteiger partial charge >= 0.3 is 5.97 Å². The summed E-state index contributed by atoms with van der Waals surface area (Å²) in [5, 5.41) is 0. The van der Waals surface area contributed by atoms with Gasteiger partial charge in [-0.15, -0.1) is 0 Å². The van der Waals surface area contributed by atoms with E-state index in [4.69, 9.17) is 26.4 Å². The predicted molar refractivity (Wildman–Crippen MR) is 51.8 cm³/mol. The van der Waals surface area contributed by atoms with Gasteiger partial charge in [-0.05, 0) is 0 Å². The normalized spacial score (nSPS) is 43.7. The lowest BCUT2D eigenvalue weighted by Crippen LogP contribution is -2.44. The number of hydrogen-bond acceptors (Lipinski definition) is 6. The number of ether oxygens (including phenoxy) is 5. The number of fused-ring (bicyclic) bond motifs is 2.